The van der Waals surface area contributed by atoms with Crippen LogP contribution in [0.4, 0.5) is 5.82 Å². The molecule has 2 N–H and O–H groups in total. The molecule has 0 saturated heterocycles. The number of nitrogens with one attached hydrogen (secondary N) is 1. The second-order valence-electron chi connectivity index (χ2n) is 4.28. The molecule has 86 valence electrons. The standard InChI is InChI=1S/C10H12ClN3OS/c11-9-12-6-1-4-16-7(6)8(13-9)14-10(5-15)2-3-10/h15H,1-5H2,(H,12,13,14). The second-order valence-corrected chi connectivity index (χ2v) is 5.72. The summed E-state index contributed by atoms with van der Waals surface area (Å²) < 4.78 is 0. The molecule has 3 rings (SSSR count). The molecule has 4 nitrogen and oxygen atoms in total. The van der Waals surface area contributed by atoms with Gasteiger partial charge in [0.05, 0.1) is 22.7 Å². The fraction of sp³-hybridized carbons (Fsp3) is 0.600. The number of fused-ring (bicyclic) bond motifs is 1. The van der Waals surface area contributed by atoms with Gasteiger partial charge in [-0.25, -0.2) is 4.98 Å². The van der Waals surface area contributed by atoms with Crippen LogP contribution in [-0.4, -0.2) is 33.0 Å². The lowest BCUT2D eigenvalue weighted by Gasteiger charge is -2.17. The Hall–Kier alpha value is -0.520. The first-order valence-corrected chi connectivity index (χ1v) is 6.67. The molecule has 2 aliphatic rings. The lowest BCUT2D eigenvalue weighted by molar-refractivity contribution is 0.265. The molecule has 1 saturated carbocycles. The van der Waals surface area contributed by atoms with Gasteiger partial charge >= 0.3 is 0 Å². The summed E-state index contributed by atoms with van der Waals surface area (Å²) in [5, 5.41) is 12.9. The van der Waals surface area contributed by atoms with Gasteiger partial charge < -0.3 is 10.4 Å². The molecule has 0 spiro atoms. The topological polar surface area (TPSA) is 58.0 Å². The van der Waals surface area contributed by atoms with Gasteiger partial charge in [0.25, 0.3) is 0 Å². The molecule has 0 unspecified atom stereocenters. The summed E-state index contributed by atoms with van der Waals surface area (Å²) in [6, 6.07) is 0. The third kappa shape index (κ3) is 1.77. The molecule has 0 aromatic carbocycles. The fourth-order valence-electron chi connectivity index (χ4n) is 1.85. The summed E-state index contributed by atoms with van der Waals surface area (Å²) in [6.45, 7) is 0.147. The summed E-state index contributed by atoms with van der Waals surface area (Å²) in [6.07, 6.45) is 2.93. The van der Waals surface area contributed by atoms with E-state index in [2.05, 4.69) is 15.3 Å². The molecular formula is C10H12ClN3OS. The van der Waals surface area contributed by atoms with Crippen molar-refractivity contribution in [2.24, 2.45) is 0 Å². The number of hydrogen-bond donors (Lipinski definition) is 2. The number of aryl methyl sites for hydroxylation is 1. The quantitative estimate of drug-likeness (QED) is 0.808. The van der Waals surface area contributed by atoms with Gasteiger partial charge in [0.1, 0.15) is 5.82 Å². The van der Waals surface area contributed by atoms with Crippen LogP contribution in [0.3, 0.4) is 0 Å². The monoisotopic (exact) mass is 257 g/mol. The average molecular weight is 258 g/mol. The minimum Gasteiger partial charge on any atom is -0.394 e. The zero-order valence-corrected chi connectivity index (χ0v) is 10.2. The van der Waals surface area contributed by atoms with Crippen molar-refractivity contribution < 1.29 is 5.11 Å². The molecule has 1 fully saturated rings. The van der Waals surface area contributed by atoms with Gasteiger partial charge in [-0.1, -0.05) is 0 Å². The highest BCUT2D eigenvalue weighted by atomic mass is 35.5. The Kier molecular flexibility index (Phi) is 2.49. The molecule has 2 heterocycles. The van der Waals surface area contributed by atoms with Gasteiger partial charge in [-0.15, -0.1) is 11.8 Å². The lowest BCUT2D eigenvalue weighted by Crippen LogP contribution is -2.26. The summed E-state index contributed by atoms with van der Waals surface area (Å²) in [7, 11) is 0. The fourth-order valence-corrected chi connectivity index (χ4v) is 3.08. The Bertz CT molecular complexity index is 436. The van der Waals surface area contributed by atoms with Crippen LogP contribution in [0.2, 0.25) is 5.28 Å². The van der Waals surface area contributed by atoms with E-state index >= 15 is 0 Å². The maximum Gasteiger partial charge on any atom is 0.224 e. The number of aliphatic hydroxyl groups excluding tert-OH is 1. The van der Waals surface area contributed by atoms with Crippen LogP contribution in [-0.2, 0) is 6.42 Å². The van der Waals surface area contributed by atoms with E-state index in [4.69, 9.17) is 11.6 Å². The number of rotatable bonds is 3. The minimum atomic E-state index is -0.158. The number of hydrogen-bond acceptors (Lipinski definition) is 5. The van der Waals surface area contributed by atoms with Crippen molar-refractivity contribution in [1.29, 1.82) is 0 Å². The van der Waals surface area contributed by atoms with Crippen molar-refractivity contribution in [3.05, 3.63) is 11.0 Å². The predicted octanol–water partition coefficient (Wildman–Crippen LogP) is 1.71. The van der Waals surface area contributed by atoms with Gasteiger partial charge in [0, 0.05) is 12.2 Å². The van der Waals surface area contributed by atoms with Crippen LogP contribution in [0.5, 0.6) is 0 Å². The first kappa shape index (κ1) is 10.6. The normalized spacial score (nSPS) is 20.6. The van der Waals surface area contributed by atoms with Gasteiger partial charge in [-0.3, -0.25) is 0 Å². The van der Waals surface area contributed by atoms with E-state index in [1.807, 2.05) is 0 Å². The Morgan fingerprint density at radius 2 is 2.25 bits per heavy atom. The molecule has 1 aliphatic heterocycles. The third-order valence-electron chi connectivity index (χ3n) is 3.03. The SMILES string of the molecule is OCC1(Nc2nc(Cl)nc3c2SCC3)CC1. The molecule has 1 aromatic rings. The number of halogens is 1. The Labute approximate surface area is 103 Å². The molecule has 0 bridgehead atoms. The highest BCUT2D eigenvalue weighted by Crippen LogP contribution is 2.42. The second kappa shape index (κ2) is 3.75. The van der Waals surface area contributed by atoms with Crippen LogP contribution in [0.15, 0.2) is 4.90 Å². The van der Waals surface area contributed by atoms with Crippen LogP contribution in [0, 0.1) is 0 Å². The van der Waals surface area contributed by atoms with E-state index in [-0.39, 0.29) is 17.4 Å². The lowest BCUT2D eigenvalue weighted by atomic mass is 10.2. The van der Waals surface area contributed by atoms with Crippen molar-refractivity contribution in [2.75, 3.05) is 17.7 Å². The number of nitrogens with zero attached hydrogens (tertiary/aromatic N) is 2. The molecule has 0 amide bonds. The number of thioether (sulfide) groups is 1. The van der Waals surface area contributed by atoms with E-state index in [9.17, 15) is 5.11 Å². The maximum atomic E-state index is 9.29. The van der Waals surface area contributed by atoms with E-state index < -0.39 is 0 Å². The molecule has 1 aliphatic carbocycles. The smallest absolute Gasteiger partial charge is 0.224 e. The number of aliphatic hydroxyl groups is 1. The van der Waals surface area contributed by atoms with Crippen molar-refractivity contribution in [1.82, 2.24) is 9.97 Å². The molecule has 6 heteroatoms. The van der Waals surface area contributed by atoms with Crippen LogP contribution < -0.4 is 5.32 Å². The van der Waals surface area contributed by atoms with Gasteiger partial charge in [-0.2, -0.15) is 4.98 Å². The van der Waals surface area contributed by atoms with E-state index in [0.29, 0.717) is 0 Å². The zero-order valence-electron chi connectivity index (χ0n) is 8.66. The largest absolute Gasteiger partial charge is 0.394 e. The van der Waals surface area contributed by atoms with Gasteiger partial charge in [0.2, 0.25) is 5.28 Å². The first-order chi connectivity index (χ1) is 7.72. The highest BCUT2D eigenvalue weighted by molar-refractivity contribution is 7.99. The van der Waals surface area contributed by atoms with Gasteiger partial charge in [0.15, 0.2) is 0 Å². The summed E-state index contributed by atoms with van der Waals surface area (Å²) in [5.74, 6) is 1.83. The van der Waals surface area contributed by atoms with E-state index in [1.54, 1.807) is 11.8 Å². The van der Waals surface area contributed by atoms with Crippen LogP contribution in [0.1, 0.15) is 18.5 Å². The summed E-state index contributed by atoms with van der Waals surface area (Å²) in [4.78, 5) is 9.55. The van der Waals surface area contributed by atoms with Crippen LogP contribution >= 0.6 is 23.4 Å². The molecule has 0 radical (unpaired) electrons. The predicted molar refractivity (Wildman–Crippen MR) is 64.1 cm³/mol. The van der Waals surface area contributed by atoms with Crippen LogP contribution in [0.25, 0.3) is 0 Å². The maximum absolute atomic E-state index is 9.29. The zero-order chi connectivity index (χ0) is 11.2. The van der Waals surface area contributed by atoms with Crippen molar-refractivity contribution >= 4 is 29.2 Å². The average Bonchev–Trinajstić information content (AvgIpc) is 2.87. The Balaban J connectivity index is 1.94. The highest BCUT2D eigenvalue weighted by Gasteiger charge is 2.43. The summed E-state index contributed by atoms with van der Waals surface area (Å²) in [5.41, 5.74) is 0.871. The molecule has 16 heavy (non-hydrogen) atoms. The van der Waals surface area contributed by atoms with Crippen molar-refractivity contribution in [3.63, 3.8) is 0 Å². The number of anilines is 1. The Morgan fingerprint density at radius 3 is 2.94 bits per heavy atom. The number of aromatic nitrogens is 2. The van der Waals surface area contributed by atoms with Gasteiger partial charge in [-0.05, 0) is 24.4 Å². The first-order valence-electron chi connectivity index (χ1n) is 5.31. The minimum absolute atomic E-state index is 0.147. The Morgan fingerprint density at radius 1 is 1.44 bits per heavy atom. The third-order valence-corrected chi connectivity index (χ3v) is 4.33. The van der Waals surface area contributed by atoms with Crippen molar-refractivity contribution in [2.45, 2.75) is 29.7 Å². The summed E-state index contributed by atoms with van der Waals surface area (Å²) >= 11 is 7.64. The van der Waals surface area contributed by atoms with E-state index in [0.717, 1.165) is 41.4 Å². The molecular weight excluding hydrogens is 246 g/mol. The molecule has 0 atom stereocenters. The van der Waals surface area contributed by atoms with Crippen molar-refractivity contribution in [3.8, 4) is 0 Å². The van der Waals surface area contributed by atoms with E-state index in [1.165, 1.54) is 0 Å². The molecule has 1 aromatic heterocycles.